The molecule has 0 spiro atoms. The fraction of sp³-hybridized carbons (Fsp3) is 0.632. The van der Waals surface area contributed by atoms with Gasteiger partial charge in [-0.1, -0.05) is 19.1 Å². The van der Waals surface area contributed by atoms with Crippen LogP contribution >= 0.6 is 24.0 Å². The third-order valence-corrected chi connectivity index (χ3v) is 5.52. The predicted molar refractivity (Wildman–Crippen MR) is 112 cm³/mol. The maximum absolute atomic E-state index is 13.5. The van der Waals surface area contributed by atoms with Gasteiger partial charge in [-0.05, 0) is 56.5 Å². The average molecular weight is 460 g/mol. The van der Waals surface area contributed by atoms with Crippen LogP contribution in [0.4, 0.5) is 4.39 Å². The fourth-order valence-corrected chi connectivity index (χ4v) is 3.77. The molecule has 1 unspecified atom stereocenters. The minimum absolute atomic E-state index is 0. The Labute approximate surface area is 167 Å². The van der Waals surface area contributed by atoms with Crippen molar-refractivity contribution in [3.05, 3.63) is 35.6 Å². The van der Waals surface area contributed by atoms with Gasteiger partial charge in [0, 0.05) is 31.6 Å². The van der Waals surface area contributed by atoms with Gasteiger partial charge < -0.3 is 10.6 Å². The van der Waals surface area contributed by atoms with Crippen molar-refractivity contribution in [2.24, 2.45) is 4.99 Å². The summed E-state index contributed by atoms with van der Waals surface area (Å²) in [5, 5.41) is 6.91. The predicted octanol–water partition coefficient (Wildman–Crippen LogP) is 3.12. The topological polar surface area (TPSA) is 39.7 Å². The molecule has 1 saturated carbocycles. The van der Waals surface area contributed by atoms with Gasteiger partial charge in [-0.3, -0.25) is 9.89 Å². The fourth-order valence-electron chi connectivity index (χ4n) is 3.77. The van der Waals surface area contributed by atoms with Gasteiger partial charge >= 0.3 is 0 Å². The Bertz CT molecular complexity index is 589. The van der Waals surface area contributed by atoms with Crippen LogP contribution in [-0.4, -0.2) is 50.1 Å². The molecule has 1 aliphatic heterocycles. The molecule has 25 heavy (non-hydrogen) atoms. The van der Waals surface area contributed by atoms with E-state index in [9.17, 15) is 4.39 Å². The van der Waals surface area contributed by atoms with Gasteiger partial charge in [-0.2, -0.15) is 0 Å². The second-order valence-corrected chi connectivity index (χ2v) is 7.02. The molecule has 2 N–H and O–H groups in total. The van der Waals surface area contributed by atoms with Crippen molar-refractivity contribution in [2.75, 3.05) is 33.2 Å². The lowest BCUT2D eigenvalue weighted by Gasteiger charge is -2.24. The monoisotopic (exact) mass is 460 g/mol. The van der Waals surface area contributed by atoms with Gasteiger partial charge in [0.15, 0.2) is 5.96 Å². The third kappa shape index (κ3) is 5.06. The molecule has 140 valence electrons. The Hall–Kier alpha value is -0.890. The highest BCUT2D eigenvalue weighted by molar-refractivity contribution is 14.0. The van der Waals surface area contributed by atoms with Crippen molar-refractivity contribution in [1.82, 2.24) is 15.5 Å². The van der Waals surface area contributed by atoms with Crippen LogP contribution in [0.3, 0.4) is 0 Å². The molecule has 0 bridgehead atoms. The molecule has 1 heterocycles. The molecule has 0 aromatic heterocycles. The second kappa shape index (κ2) is 9.16. The summed E-state index contributed by atoms with van der Waals surface area (Å²) in [4.78, 5) is 6.87. The van der Waals surface area contributed by atoms with Crippen LogP contribution in [0.25, 0.3) is 0 Å². The van der Waals surface area contributed by atoms with Gasteiger partial charge in [0.05, 0.1) is 0 Å². The summed E-state index contributed by atoms with van der Waals surface area (Å²) < 4.78 is 13.5. The molecule has 1 atom stereocenters. The Morgan fingerprint density at radius 1 is 1.36 bits per heavy atom. The normalized spacial score (nSPS) is 22.4. The molecule has 3 rings (SSSR count). The first-order valence-corrected chi connectivity index (χ1v) is 9.11. The first kappa shape index (κ1) is 20.4. The Balaban J connectivity index is 0.00000225. The van der Waals surface area contributed by atoms with Gasteiger partial charge in [-0.15, -0.1) is 24.0 Å². The number of likely N-dealkylation sites (tertiary alicyclic amines) is 1. The molecule has 2 fully saturated rings. The quantitative estimate of drug-likeness (QED) is 0.390. The van der Waals surface area contributed by atoms with Crippen LogP contribution in [0.1, 0.15) is 38.2 Å². The first-order valence-electron chi connectivity index (χ1n) is 9.11. The number of likely N-dealkylation sites (N-methyl/N-ethyl adjacent to an activating group) is 1. The van der Waals surface area contributed by atoms with E-state index in [1.54, 1.807) is 12.1 Å². The van der Waals surface area contributed by atoms with E-state index in [4.69, 9.17) is 0 Å². The smallest absolute Gasteiger partial charge is 0.191 e. The van der Waals surface area contributed by atoms with Crippen LogP contribution in [0, 0.1) is 5.82 Å². The second-order valence-electron chi connectivity index (χ2n) is 7.02. The maximum Gasteiger partial charge on any atom is 0.191 e. The zero-order valence-corrected chi connectivity index (χ0v) is 17.6. The minimum Gasteiger partial charge on any atom is -0.356 e. The molecular formula is C19H30FIN4. The summed E-state index contributed by atoms with van der Waals surface area (Å²) in [7, 11) is 1.81. The van der Waals surface area contributed by atoms with Crippen molar-refractivity contribution in [1.29, 1.82) is 0 Å². The zero-order valence-electron chi connectivity index (χ0n) is 15.2. The number of guanidine groups is 1. The molecule has 0 radical (unpaired) electrons. The lowest BCUT2D eigenvalue weighted by molar-refractivity contribution is 0.267. The molecular weight excluding hydrogens is 430 g/mol. The minimum atomic E-state index is -0.151. The van der Waals surface area contributed by atoms with E-state index in [0.717, 1.165) is 44.0 Å². The summed E-state index contributed by atoms with van der Waals surface area (Å²) in [5.74, 6) is 0.697. The Kier molecular flexibility index (Phi) is 7.49. The van der Waals surface area contributed by atoms with Crippen LogP contribution in [0.15, 0.2) is 29.3 Å². The van der Waals surface area contributed by atoms with Crippen molar-refractivity contribution < 1.29 is 4.39 Å². The number of rotatable bonds is 6. The summed E-state index contributed by atoms with van der Waals surface area (Å²) >= 11 is 0. The average Bonchev–Trinajstić information content (AvgIpc) is 3.25. The number of hydrogen-bond donors (Lipinski definition) is 2. The lowest BCUT2D eigenvalue weighted by Crippen LogP contribution is -2.46. The van der Waals surface area contributed by atoms with Crippen molar-refractivity contribution in [3.8, 4) is 0 Å². The van der Waals surface area contributed by atoms with Gasteiger partial charge in [-0.25, -0.2) is 4.39 Å². The van der Waals surface area contributed by atoms with E-state index < -0.39 is 0 Å². The number of nitrogens with one attached hydrogen (secondary N) is 2. The Morgan fingerprint density at radius 2 is 2.16 bits per heavy atom. The van der Waals surface area contributed by atoms with Crippen LogP contribution < -0.4 is 10.6 Å². The van der Waals surface area contributed by atoms with Crippen LogP contribution in [0.5, 0.6) is 0 Å². The van der Waals surface area contributed by atoms with E-state index >= 15 is 0 Å². The largest absolute Gasteiger partial charge is 0.356 e. The number of hydrogen-bond acceptors (Lipinski definition) is 2. The maximum atomic E-state index is 13.5. The summed E-state index contributed by atoms with van der Waals surface area (Å²) in [6.07, 6.45) is 4.75. The highest BCUT2D eigenvalue weighted by Crippen LogP contribution is 2.47. The highest BCUT2D eigenvalue weighted by atomic mass is 127. The lowest BCUT2D eigenvalue weighted by atomic mass is 9.96. The van der Waals surface area contributed by atoms with Gasteiger partial charge in [0.25, 0.3) is 0 Å². The molecule has 4 nitrogen and oxygen atoms in total. The van der Waals surface area contributed by atoms with E-state index in [-0.39, 0.29) is 35.2 Å². The van der Waals surface area contributed by atoms with Crippen molar-refractivity contribution in [3.63, 3.8) is 0 Å². The third-order valence-electron chi connectivity index (χ3n) is 5.52. The van der Waals surface area contributed by atoms with Crippen LogP contribution in [-0.2, 0) is 5.41 Å². The summed E-state index contributed by atoms with van der Waals surface area (Å²) in [5.41, 5.74) is 1.17. The highest BCUT2D eigenvalue weighted by Gasteiger charge is 2.44. The van der Waals surface area contributed by atoms with E-state index in [0.29, 0.717) is 6.04 Å². The first-order chi connectivity index (χ1) is 11.7. The van der Waals surface area contributed by atoms with Crippen LogP contribution in [0.2, 0.25) is 0 Å². The summed E-state index contributed by atoms with van der Waals surface area (Å²) in [6.45, 7) is 6.28. The molecule has 1 saturated heterocycles. The van der Waals surface area contributed by atoms with Gasteiger partial charge in [0.2, 0.25) is 0 Å². The Morgan fingerprint density at radius 3 is 2.80 bits per heavy atom. The standard InChI is InChI=1S/C19H29FN4.HI/c1-3-24-11-5-8-17(24)13-22-18(21-2)23-14-19(9-10-19)15-6-4-7-16(20)12-15;/h4,6-7,12,17H,3,5,8-11,13-14H2,1-2H3,(H2,21,22,23);1H. The number of benzene rings is 1. The van der Waals surface area contributed by atoms with E-state index in [1.165, 1.54) is 25.5 Å². The number of nitrogens with zero attached hydrogens (tertiary/aromatic N) is 2. The molecule has 0 amide bonds. The van der Waals surface area contributed by atoms with Gasteiger partial charge in [0.1, 0.15) is 5.82 Å². The molecule has 1 aromatic rings. The molecule has 1 aromatic carbocycles. The summed E-state index contributed by atoms with van der Waals surface area (Å²) in [6, 6.07) is 7.62. The van der Waals surface area contributed by atoms with E-state index in [1.807, 2.05) is 13.1 Å². The molecule has 6 heteroatoms. The van der Waals surface area contributed by atoms with E-state index in [2.05, 4.69) is 27.4 Å². The molecule has 1 aliphatic carbocycles. The number of aliphatic imine (C=N–C) groups is 1. The SMILES string of the molecule is CCN1CCCC1CNC(=NC)NCC1(c2cccc(F)c2)CC1.I. The zero-order chi connectivity index (χ0) is 17.0. The number of halogens is 2. The molecule has 2 aliphatic rings. The van der Waals surface area contributed by atoms with Crippen molar-refractivity contribution in [2.45, 2.75) is 44.1 Å². The van der Waals surface area contributed by atoms with Crippen molar-refractivity contribution >= 4 is 29.9 Å².